The number of hydrazine groups is 1. The highest BCUT2D eigenvalue weighted by molar-refractivity contribution is 5.42. The molecule has 1 atom stereocenters. The minimum Gasteiger partial charge on any atom is -0.569 e. The monoisotopic (exact) mass is 336 g/mol. The summed E-state index contributed by atoms with van der Waals surface area (Å²) in [7, 11) is 0. The molecule has 1 saturated heterocycles. The molecular formula is C18H30N3O3-. The SMILES string of the molecule is CCCCOc1cc(OCCCC)cc(OCCCNN2C[N-]2)c1. The molecule has 1 aliphatic rings. The summed E-state index contributed by atoms with van der Waals surface area (Å²) in [6.45, 7) is 8.04. The zero-order chi connectivity index (χ0) is 17.0. The third-order valence-corrected chi connectivity index (χ3v) is 3.55. The van der Waals surface area contributed by atoms with Gasteiger partial charge in [-0.05, 0) is 19.3 Å². The van der Waals surface area contributed by atoms with Crippen LogP contribution in [0.3, 0.4) is 0 Å². The maximum atomic E-state index is 5.85. The van der Waals surface area contributed by atoms with Crippen LogP contribution in [0.1, 0.15) is 46.0 Å². The second-order valence-electron chi connectivity index (χ2n) is 5.84. The van der Waals surface area contributed by atoms with Crippen molar-refractivity contribution in [2.24, 2.45) is 0 Å². The van der Waals surface area contributed by atoms with Crippen molar-refractivity contribution >= 4 is 0 Å². The second-order valence-corrected chi connectivity index (χ2v) is 5.84. The quantitative estimate of drug-likeness (QED) is 0.413. The lowest BCUT2D eigenvalue weighted by Gasteiger charge is -2.14. The topological polar surface area (TPSA) is 56.8 Å². The molecule has 0 radical (unpaired) electrons. The summed E-state index contributed by atoms with van der Waals surface area (Å²) in [6, 6.07) is 5.83. The van der Waals surface area contributed by atoms with Gasteiger partial charge in [0.25, 0.3) is 0 Å². The highest BCUT2D eigenvalue weighted by Gasteiger charge is 2.05. The number of hydrogen-bond donors (Lipinski definition) is 1. The summed E-state index contributed by atoms with van der Waals surface area (Å²) in [4.78, 5) is 0. The number of ether oxygens (including phenoxy) is 3. The molecule has 1 unspecified atom stereocenters. The van der Waals surface area contributed by atoms with Gasteiger partial charge in [-0.15, -0.1) is 0 Å². The fraction of sp³-hybridized carbons (Fsp3) is 0.667. The number of hydrogen-bond acceptors (Lipinski definition) is 5. The molecular weight excluding hydrogens is 306 g/mol. The smallest absolute Gasteiger partial charge is 0.126 e. The minimum atomic E-state index is 0.646. The first kappa shape index (κ1) is 18.8. The van der Waals surface area contributed by atoms with E-state index in [-0.39, 0.29) is 0 Å². The van der Waals surface area contributed by atoms with Gasteiger partial charge >= 0.3 is 0 Å². The van der Waals surface area contributed by atoms with Crippen LogP contribution in [0.2, 0.25) is 0 Å². The molecule has 1 heterocycles. The van der Waals surface area contributed by atoms with Gasteiger partial charge < -0.3 is 24.8 Å². The Morgan fingerprint density at radius 2 is 1.33 bits per heavy atom. The van der Waals surface area contributed by atoms with Crippen molar-refractivity contribution in [3.05, 3.63) is 23.6 Å². The Morgan fingerprint density at radius 3 is 1.75 bits per heavy atom. The van der Waals surface area contributed by atoms with Crippen LogP contribution in [0.4, 0.5) is 0 Å². The highest BCUT2D eigenvalue weighted by atomic mass is 16.5. The molecule has 1 aromatic rings. The fourth-order valence-electron chi connectivity index (χ4n) is 2.07. The van der Waals surface area contributed by atoms with Crippen molar-refractivity contribution < 1.29 is 14.2 Å². The predicted molar refractivity (Wildman–Crippen MR) is 95.4 cm³/mol. The van der Waals surface area contributed by atoms with Crippen LogP contribution >= 0.6 is 0 Å². The molecule has 24 heavy (non-hydrogen) atoms. The highest BCUT2D eigenvalue weighted by Crippen LogP contribution is 2.28. The first-order valence-corrected chi connectivity index (χ1v) is 9.03. The third kappa shape index (κ3) is 7.86. The Labute approximate surface area is 145 Å². The molecule has 0 amide bonds. The van der Waals surface area contributed by atoms with Crippen LogP contribution in [0, 0.1) is 0 Å². The molecule has 1 fully saturated rings. The summed E-state index contributed by atoms with van der Waals surface area (Å²) < 4.78 is 17.5. The first-order chi connectivity index (χ1) is 11.8. The van der Waals surface area contributed by atoms with E-state index in [1.807, 2.05) is 23.3 Å². The van der Waals surface area contributed by atoms with Crippen LogP contribution in [0.5, 0.6) is 17.2 Å². The van der Waals surface area contributed by atoms with E-state index in [0.717, 1.165) is 75.8 Å². The maximum Gasteiger partial charge on any atom is 0.126 e. The lowest BCUT2D eigenvalue weighted by Crippen LogP contribution is -2.22. The normalized spacial score (nSPS) is 16.0. The van der Waals surface area contributed by atoms with Gasteiger partial charge in [0.1, 0.15) is 17.2 Å². The van der Waals surface area contributed by atoms with E-state index in [1.165, 1.54) is 0 Å². The molecule has 0 spiro atoms. The Hall–Kier alpha value is -1.50. The lowest BCUT2D eigenvalue weighted by atomic mass is 10.3. The second kappa shape index (κ2) is 11.1. The van der Waals surface area contributed by atoms with E-state index in [9.17, 15) is 0 Å². The number of nitrogens with one attached hydrogen (secondary N) is 1. The van der Waals surface area contributed by atoms with E-state index in [1.54, 1.807) is 0 Å². The van der Waals surface area contributed by atoms with Crippen molar-refractivity contribution in [1.29, 1.82) is 0 Å². The Morgan fingerprint density at radius 1 is 0.875 bits per heavy atom. The molecule has 0 aliphatic carbocycles. The van der Waals surface area contributed by atoms with Crippen molar-refractivity contribution in [2.75, 3.05) is 33.0 Å². The van der Waals surface area contributed by atoms with Gasteiger partial charge in [0.2, 0.25) is 0 Å². The zero-order valence-corrected chi connectivity index (χ0v) is 14.9. The van der Waals surface area contributed by atoms with E-state index >= 15 is 0 Å². The largest absolute Gasteiger partial charge is 0.569 e. The van der Waals surface area contributed by atoms with Gasteiger partial charge in [-0.2, -0.15) is 0 Å². The molecule has 1 aromatic carbocycles. The summed E-state index contributed by atoms with van der Waals surface area (Å²) >= 11 is 0. The van der Waals surface area contributed by atoms with Gasteiger partial charge in [-0.25, -0.2) is 0 Å². The fourth-order valence-corrected chi connectivity index (χ4v) is 2.07. The predicted octanol–water partition coefficient (Wildman–Crippen LogP) is 3.88. The summed E-state index contributed by atoms with van der Waals surface area (Å²) in [6.07, 6.45) is 5.24. The van der Waals surface area contributed by atoms with Gasteiger partial charge in [0, 0.05) is 24.7 Å². The van der Waals surface area contributed by atoms with Crippen LogP contribution in [0.15, 0.2) is 18.2 Å². The van der Waals surface area contributed by atoms with Crippen LogP contribution in [0.25, 0.3) is 5.43 Å². The number of nitrogens with zero attached hydrogens (tertiary/aromatic N) is 2. The summed E-state index contributed by atoms with van der Waals surface area (Å²) in [5.41, 5.74) is 7.17. The molecule has 2 rings (SSSR count). The van der Waals surface area contributed by atoms with Gasteiger partial charge in [0.15, 0.2) is 0 Å². The van der Waals surface area contributed by atoms with Crippen molar-refractivity contribution in [2.45, 2.75) is 46.0 Å². The Kier molecular flexibility index (Phi) is 8.73. The molecule has 0 bridgehead atoms. The Bertz CT molecular complexity index is 439. The molecule has 136 valence electrons. The summed E-state index contributed by atoms with van der Waals surface area (Å²) in [5.74, 6) is 2.42. The number of benzene rings is 1. The van der Waals surface area contributed by atoms with Crippen LogP contribution in [-0.4, -0.2) is 38.2 Å². The van der Waals surface area contributed by atoms with E-state index < -0.39 is 0 Å². The Balaban J connectivity index is 1.82. The standard InChI is InChI=1S/C18H30N3O3/c1-3-5-9-22-16-12-17(23-10-6-4-2)14-18(13-16)24-11-7-8-19-21-15-20-21/h12-14,19H,3-11,15H2,1-2H3/q-1. The van der Waals surface area contributed by atoms with Crippen molar-refractivity contribution in [3.63, 3.8) is 0 Å². The number of rotatable bonds is 14. The molecule has 0 aromatic heterocycles. The molecule has 1 N–H and O–H groups in total. The van der Waals surface area contributed by atoms with E-state index in [2.05, 4.69) is 24.7 Å². The maximum absolute atomic E-state index is 5.85. The van der Waals surface area contributed by atoms with Crippen molar-refractivity contribution in [1.82, 2.24) is 10.5 Å². The first-order valence-electron chi connectivity index (χ1n) is 9.03. The molecule has 1 aliphatic heterocycles. The van der Waals surface area contributed by atoms with E-state index in [4.69, 9.17) is 14.2 Å². The molecule has 6 nitrogen and oxygen atoms in total. The van der Waals surface area contributed by atoms with Gasteiger partial charge in [-0.1, -0.05) is 33.4 Å². The average Bonchev–Trinajstić information content (AvgIpc) is 3.39. The van der Waals surface area contributed by atoms with E-state index in [0.29, 0.717) is 6.61 Å². The average molecular weight is 336 g/mol. The molecule has 6 heteroatoms. The van der Waals surface area contributed by atoms with Gasteiger partial charge in [-0.3, -0.25) is 5.43 Å². The molecule has 0 saturated carbocycles. The minimum absolute atomic E-state index is 0.646. The van der Waals surface area contributed by atoms with Crippen molar-refractivity contribution in [3.8, 4) is 17.2 Å². The van der Waals surface area contributed by atoms with Crippen LogP contribution in [-0.2, 0) is 0 Å². The van der Waals surface area contributed by atoms with Crippen LogP contribution < -0.4 is 19.6 Å². The number of unbranched alkanes of at least 4 members (excludes halogenated alkanes) is 2. The lowest BCUT2D eigenvalue weighted by molar-refractivity contribution is 0.275. The van der Waals surface area contributed by atoms with Gasteiger partial charge in [0.05, 0.1) is 19.8 Å². The zero-order valence-electron chi connectivity index (χ0n) is 14.9. The third-order valence-electron chi connectivity index (χ3n) is 3.55. The summed E-state index contributed by atoms with van der Waals surface area (Å²) in [5, 5.41) is 1.82.